The number of hydrogen-bond donors (Lipinski definition) is 6. The Morgan fingerprint density at radius 3 is 1.79 bits per heavy atom. The highest BCUT2D eigenvalue weighted by Gasteiger charge is 2.35. The first-order valence-corrected chi connectivity index (χ1v) is 38.1. The van der Waals surface area contributed by atoms with Gasteiger partial charge in [0, 0.05) is 119 Å². The lowest BCUT2D eigenvalue weighted by Crippen LogP contribution is -2.47. The van der Waals surface area contributed by atoms with Crippen LogP contribution in [0.5, 0.6) is 11.5 Å². The summed E-state index contributed by atoms with van der Waals surface area (Å²) in [5, 5.41) is 49.7. The van der Waals surface area contributed by atoms with Crippen molar-refractivity contribution in [2.75, 3.05) is 113 Å². The maximum absolute atomic E-state index is 14.0. The number of benzene rings is 5. The van der Waals surface area contributed by atoms with E-state index in [1.54, 1.807) is 43.5 Å². The molecule has 0 spiro atoms. The van der Waals surface area contributed by atoms with Gasteiger partial charge in [0.05, 0.1) is 66.6 Å². The van der Waals surface area contributed by atoms with Gasteiger partial charge in [-0.15, -0.1) is 0 Å². The third kappa shape index (κ3) is 21.8. The Kier molecular flexibility index (Phi) is 26.2. The van der Waals surface area contributed by atoms with Crippen molar-refractivity contribution >= 4 is 86.4 Å². The number of fused-ring (bicyclic) bond motifs is 1. The monoisotopic (exact) mass is 1520 g/mol. The number of sulfone groups is 1. The van der Waals surface area contributed by atoms with E-state index in [0.29, 0.717) is 113 Å². The quantitative estimate of drug-likeness (QED) is 0.0159. The van der Waals surface area contributed by atoms with Crippen LogP contribution >= 0.6 is 0 Å². The Labute approximate surface area is 603 Å². The fourth-order valence-electron chi connectivity index (χ4n) is 12.4. The third-order valence-corrected chi connectivity index (χ3v) is 21.9. The lowest BCUT2D eigenvalue weighted by atomic mass is 9.72. The number of allylic oxidation sites excluding steroid dienone is 1. The molecule has 6 heterocycles. The average molecular weight is 1520 g/mol. The van der Waals surface area contributed by atoms with Crippen LogP contribution in [0.25, 0.3) is 16.6 Å². The number of nitro benzene ring substituents is 3. The van der Waals surface area contributed by atoms with Crippen molar-refractivity contribution < 1.29 is 81.3 Å². The number of carbonyl (C=O) groups excluding carboxylic acids is 1. The minimum atomic E-state index is -4.41. The van der Waals surface area contributed by atoms with Gasteiger partial charge >= 0.3 is 11.9 Å². The standard InChI is InChI=1S/C47H51F3N6O7S.C11H15N3O5S.C6H5FN2O4S.C5H11NO/c1-30-20-34(47(48,49)50)4-7-38(30)40-24-46(2,3)13-10-33(40)27-54-15-17-55(18-16-54)35-5-8-39(44(22-35)63-36-21-32-11-14-51-45(32)53-26-36)43(57)29-64(60,61)37-6-9-41(42(23-37)56(58)59)52-25-31-12-19-62-28-31;12-20(17,18)9-1-2-10(11(5-9)14(15)16)13-6-8-3-4-19-7-8;7-5-2-1-4(14(8,12)13)3-6(5)9(10)11;6-3-5-1-2-7-4-5/h4-9,11,14,20-23,26,31,52H,10,12-13,15-19,24-25,27-29H2,1-3H3,(H,51,53);1-2,5,8,13H,3-4,6-7H2,(H2,12,17,18);1-3H,(H2,8,12,13);5H,1-4,6H2. The van der Waals surface area contributed by atoms with Crippen LogP contribution in [0, 0.1) is 66.3 Å². The highest BCUT2D eigenvalue weighted by molar-refractivity contribution is 7.92. The number of nitrogens with one attached hydrogen (secondary N) is 3. The van der Waals surface area contributed by atoms with Crippen molar-refractivity contribution in [3.05, 3.63) is 180 Å². The van der Waals surface area contributed by atoms with E-state index >= 15 is 0 Å². The molecule has 5 aliphatic rings. The third-order valence-electron chi connectivity index (χ3n) is 18.4. The number of Topliss-reactive ketones (excluding diaryl/α,β-unsaturated/α-hetero) is 1. The molecule has 29 nitrogen and oxygen atoms in total. The normalized spacial score (nSPS) is 18.4. The van der Waals surface area contributed by atoms with Crippen LogP contribution in [0.4, 0.5) is 51.7 Å². The van der Waals surface area contributed by atoms with E-state index in [2.05, 4.69) is 44.2 Å². The molecule has 4 fully saturated rings. The number of alkyl halides is 3. The van der Waals surface area contributed by atoms with Gasteiger partial charge in [-0.3, -0.25) is 40.0 Å². The summed E-state index contributed by atoms with van der Waals surface area (Å²) in [6.07, 6.45) is 4.32. The fraction of sp³-hybridized carbons (Fsp3) is 0.420. The Morgan fingerprint density at radius 1 is 0.714 bits per heavy atom. The highest BCUT2D eigenvalue weighted by Crippen LogP contribution is 2.45. The largest absolute Gasteiger partial charge is 0.455 e. The summed E-state index contributed by atoms with van der Waals surface area (Å²) in [5.41, 5.74) is 8.79. The number of aromatic nitrogens is 2. The number of halogens is 4. The summed E-state index contributed by atoms with van der Waals surface area (Å²) < 4.78 is 147. The fourth-order valence-corrected chi connectivity index (χ4v) is 14.7. The number of sulfonamides is 2. The van der Waals surface area contributed by atoms with E-state index < -0.39 is 90.0 Å². The molecule has 2 aromatic heterocycles. The molecule has 4 aliphatic heterocycles. The van der Waals surface area contributed by atoms with Gasteiger partial charge in [0.25, 0.3) is 11.4 Å². The predicted molar refractivity (Wildman–Crippen MR) is 383 cm³/mol. The Bertz CT molecular complexity index is 4710. The Balaban J connectivity index is 0.000000249. The van der Waals surface area contributed by atoms with Crippen molar-refractivity contribution in [1.29, 1.82) is 0 Å². The molecule has 3 atom stereocenters. The number of nitro groups is 3. The number of aryl methyl sites for hydroxylation is 1. The molecule has 0 amide bonds. The number of H-pyrrole nitrogens is 1. The molecule has 105 heavy (non-hydrogen) atoms. The molecular formula is C69H82F4N12O17S3. The lowest BCUT2D eigenvalue weighted by Gasteiger charge is -2.39. The molecular weight excluding hydrogens is 1440 g/mol. The number of pyridine rings is 1. The van der Waals surface area contributed by atoms with Gasteiger partial charge in [-0.25, -0.2) is 40.5 Å². The summed E-state index contributed by atoms with van der Waals surface area (Å²) >= 11 is 0. The van der Waals surface area contributed by atoms with Crippen molar-refractivity contribution in [2.45, 2.75) is 80.2 Å². The lowest BCUT2D eigenvalue weighted by molar-refractivity contribution is -0.387. The number of nitrogens with zero attached hydrogens (tertiary/aromatic N) is 6. The van der Waals surface area contributed by atoms with E-state index in [1.165, 1.54) is 48.2 Å². The van der Waals surface area contributed by atoms with Gasteiger partial charge in [-0.05, 0) is 153 Å². The second-order valence-electron chi connectivity index (χ2n) is 26.8. The summed E-state index contributed by atoms with van der Waals surface area (Å²) in [5.74, 6) is -1.23. The molecule has 3 unspecified atom stereocenters. The molecule has 0 bridgehead atoms. The van der Waals surface area contributed by atoms with E-state index in [9.17, 15) is 78.0 Å². The Morgan fingerprint density at radius 2 is 1.27 bits per heavy atom. The van der Waals surface area contributed by atoms with Crippen LogP contribution in [-0.4, -0.2) is 158 Å². The SMILES string of the molecule is Cc1cc(C(F)(F)F)ccc1C1=C(CN2CCN(c3ccc(C(=O)CS(=O)(=O)c4ccc(NCC5CCOC5)c([N+](=O)[O-])c4)c(Oc4cnc5[nH]ccc5c4)c3)CC2)CCC(C)(C)C1.NCC1CCOC1.NS(=O)(=O)c1ccc(F)c([N+](=O)[O-])c1.NS(=O)(=O)c1ccc(NCC2CCOC2)c([N+](=O)[O-])c1. The van der Waals surface area contributed by atoms with Crippen LogP contribution in [0.3, 0.4) is 0 Å². The smallest absolute Gasteiger partial charge is 0.416 e. The average Bonchev–Trinajstić information content (AvgIpc) is 1.51. The van der Waals surface area contributed by atoms with Gasteiger partial charge in [-0.1, -0.05) is 25.5 Å². The van der Waals surface area contributed by atoms with E-state index in [-0.39, 0.29) is 49.5 Å². The number of ether oxygens (including phenoxy) is 4. The number of hydrogen-bond acceptors (Lipinski definition) is 23. The zero-order valence-corrected chi connectivity index (χ0v) is 60.1. The van der Waals surface area contributed by atoms with Crippen LogP contribution < -0.4 is 36.3 Å². The minimum Gasteiger partial charge on any atom is -0.455 e. The minimum absolute atomic E-state index is 0.0162. The summed E-state index contributed by atoms with van der Waals surface area (Å²) in [6, 6.07) is 21.9. The number of carbonyl (C=O) groups is 1. The van der Waals surface area contributed by atoms with Crippen LogP contribution in [0.15, 0.2) is 136 Å². The molecule has 5 aromatic carbocycles. The molecule has 4 saturated heterocycles. The van der Waals surface area contributed by atoms with Crippen molar-refractivity contribution in [2.24, 2.45) is 39.2 Å². The second kappa shape index (κ2) is 34.4. The molecule has 36 heteroatoms. The van der Waals surface area contributed by atoms with E-state index in [4.69, 9.17) is 35.0 Å². The second-order valence-corrected chi connectivity index (χ2v) is 31.9. The number of primary sulfonamides is 2. The van der Waals surface area contributed by atoms with E-state index in [0.717, 1.165) is 98.7 Å². The van der Waals surface area contributed by atoms with Crippen molar-refractivity contribution in [1.82, 2.24) is 14.9 Å². The molecule has 0 radical (unpaired) electrons. The van der Waals surface area contributed by atoms with Gasteiger partial charge in [0.2, 0.25) is 25.9 Å². The molecule has 566 valence electrons. The van der Waals surface area contributed by atoms with Gasteiger partial charge in [0.15, 0.2) is 15.6 Å². The first kappa shape index (κ1) is 80.0. The number of anilines is 3. The summed E-state index contributed by atoms with van der Waals surface area (Å²) in [7, 11) is -12.4. The first-order valence-electron chi connectivity index (χ1n) is 33.4. The highest BCUT2D eigenvalue weighted by atomic mass is 32.2. The van der Waals surface area contributed by atoms with Crippen LogP contribution in [-0.2, 0) is 50.3 Å². The molecule has 12 rings (SSSR count). The predicted octanol–water partition coefficient (Wildman–Crippen LogP) is 10.5. The maximum Gasteiger partial charge on any atom is 0.416 e. The Hall–Kier alpha value is -9.11. The van der Waals surface area contributed by atoms with Crippen molar-refractivity contribution in [3.63, 3.8) is 0 Å². The number of rotatable bonds is 22. The zero-order valence-electron chi connectivity index (χ0n) is 57.6. The molecule has 9 N–H and O–H groups in total. The van der Waals surface area contributed by atoms with Gasteiger partial charge < -0.3 is 45.2 Å². The van der Waals surface area contributed by atoms with Crippen LogP contribution in [0.2, 0.25) is 0 Å². The van der Waals surface area contributed by atoms with E-state index in [1.807, 2.05) is 6.07 Å². The maximum atomic E-state index is 14.0. The first-order chi connectivity index (χ1) is 49.5. The zero-order chi connectivity index (χ0) is 76.2. The van der Waals surface area contributed by atoms with Crippen molar-refractivity contribution in [3.8, 4) is 11.5 Å². The topological polar surface area (TPSA) is 423 Å². The summed E-state index contributed by atoms with van der Waals surface area (Å²) in [4.78, 5) is 55.8. The number of ketones is 1. The molecule has 7 aromatic rings. The molecule has 0 saturated carbocycles. The van der Waals surface area contributed by atoms with Gasteiger partial charge in [-0.2, -0.15) is 17.6 Å². The van der Waals surface area contributed by atoms with Crippen LogP contribution in [0.1, 0.15) is 79.4 Å². The number of piperazine rings is 1. The van der Waals surface area contributed by atoms with Gasteiger partial charge in [0.1, 0.15) is 34.3 Å². The number of aromatic amines is 1. The summed E-state index contributed by atoms with van der Waals surface area (Å²) in [6.45, 7) is 15.5. The molecule has 1 aliphatic carbocycles. The number of nitrogens with two attached hydrogens (primary N) is 3.